The molecule has 0 aromatic carbocycles. The normalized spacial score (nSPS) is 22.8. The molecule has 1 spiro atoms. The summed E-state index contributed by atoms with van der Waals surface area (Å²) in [5.41, 5.74) is -0.927. The van der Waals surface area contributed by atoms with Gasteiger partial charge < -0.3 is 19.0 Å². The van der Waals surface area contributed by atoms with Gasteiger partial charge in [-0.15, -0.1) is 0 Å². The first-order chi connectivity index (χ1) is 13.8. The fourth-order valence-electron chi connectivity index (χ4n) is 4.66. The lowest BCUT2D eigenvalue weighted by Gasteiger charge is -2.43. The third-order valence-electron chi connectivity index (χ3n) is 6.11. The maximum absolute atomic E-state index is 13.8. The molecule has 3 heterocycles. The fourth-order valence-corrected chi connectivity index (χ4v) is 4.66. The van der Waals surface area contributed by atoms with Gasteiger partial charge in [-0.25, -0.2) is 4.79 Å². The summed E-state index contributed by atoms with van der Waals surface area (Å²) in [6.07, 6.45) is -0.502. The molecule has 1 aliphatic heterocycles. The van der Waals surface area contributed by atoms with Crippen LogP contribution in [0.4, 0.5) is 13.2 Å². The van der Waals surface area contributed by atoms with Crippen LogP contribution in [0.2, 0.25) is 0 Å². The third-order valence-corrected chi connectivity index (χ3v) is 6.11. The van der Waals surface area contributed by atoms with E-state index in [1.54, 1.807) is 10.9 Å². The summed E-state index contributed by atoms with van der Waals surface area (Å²) >= 11 is 0. The highest BCUT2D eigenvalue weighted by atomic mass is 19.4. The number of hydrogen-bond donors (Lipinski definition) is 1. The molecule has 3 aliphatic rings. The van der Waals surface area contributed by atoms with E-state index in [9.17, 15) is 23.1 Å². The van der Waals surface area contributed by atoms with Gasteiger partial charge in [0.15, 0.2) is 0 Å². The zero-order valence-corrected chi connectivity index (χ0v) is 15.4. The minimum atomic E-state index is -4.86. The van der Waals surface area contributed by atoms with Gasteiger partial charge in [-0.05, 0) is 12.8 Å². The summed E-state index contributed by atoms with van der Waals surface area (Å²) in [6.45, 7) is 1.72. The van der Waals surface area contributed by atoms with Gasteiger partial charge in [-0.3, -0.25) is 4.68 Å². The molecular weight excluding hydrogens is 393 g/mol. The maximum atomic E-state index is 13.8. The van der Waals surface area contributed by atoms with E-state index in [1.165, 1.54) is 0 Å². The zero-order chi connectivity index (χ0) is 20.4. The number of fused-ring (bicyclic) bond motifs is 4. The van der Waals surface area contributed by atoms with E-state index in [0.29, 0.717) is 26.4 Å². The highest BCUT2D eigenvalue weighted by Gasteiger charge is 2.52. The quantitative estimate of drug-likeness (QED) is 0.833. The number of aromatic carboxylic acids is 1. The molecule has 2 fully saturated rings. The molecule has 5 rings (SSSR count). The van der Waals surface area contributed by atoms with Gasteiger partial charge in [0.25, 0.3) is 0 Å². The van der Waals surface area contributed by atoms with Gasteiger partial charge in [0.1, 0.15) is 23.1 Å². The Kier molecular flexibility index (Phi) is 4.08. The monoisotopic (exact) mass is 412 g/mol. The first-order valence-corrected chi connectivity index (χ1v) is 9.52. The second kappa shape index (κ2) is 6.33. The summed E-state index contributed by atoms with van der Waals surface area (Å²) in [6, 6.07) is 0. The molecule has 2 aliphatic carbocycles. The van der Waals surface area contributed by atoms with Gasteiger partial charge in [0.05, 0.1) is 31.9 Å². The fraction of sp³-hybridized carbons (Fsp3) is 0.579. The number of halogens is 3. The van der Waals surface area contributed by atoms with Crippen LogP contribution in [0.3, 0.4) is 0 Å². The summed E-state index contributed by atoms with van der Waals surface area (Å²) < 4.78 is 59.3. The molecule has 0 bridgehead atoms. The van der Waals surface area contributed by atoms with Crippen molar-refractivity contribution in [1.29, 1.82) is 0 Å². The first kappa shape index (κ1) is 18.7. The van der Waals surface area contributed by atoms with Crippen LogP contribution in [0.25, 0.3) is 11.3 Å². The molecule has 10 heteroatoms. The highest BCUT2D eigenvalue weighted by molar-refractivity contribution is 5.91. The summed E-state index contributed by atoms with van der Waals surface area (Å²) in [5.74, 6) is -2.74. The number of carboxylic acids is 1. The van der Waals surface area contributed by atoms with Crippen molar-refractivity contribution < 1.29 is 37.0 Å². The van der Waals surface area contributed by atoms with Crippen LogP contribution < -0.4 is 0 Å². The number of carboxylic acid groups (broad SMARTS) is 1. The number of ether oxygens (including phenoxy) is 2. The predicted molar refractivity (Wildman–Crippen MR) is 91.7 cm³/mol. The van der Waals surface area contributed by atoms with Crippen molar-refractivity contribution in [3.63, 3.8) is 0 Å². The standard InChI is InChI=1S/C19H19F3N2O5/c20-19(21,22)14-13-12(29-16(14)17(25)26)6-18(2-1-3-18)11-8-24(23-15(11)13)7-10-9-27-4-5-28-10/h8,10H,1-7,9H2,(H,25,26). The largest absolute Gasteiger partial charge is 0.475 e. The number of carbonyl (C=O) groups is 1. The Balaban J connectivity index is 1.64. The van der Waals surface area contributed by atoms with Crippen molar-refractivity contribution >= 4 is 5.97 Å². The highest BCUT2D eigenvalue weighted by Crippen LogP contribution is 2.56. The maximum Gasteiger partial charge on any atom is 0.421 e. The van der Waals surface area contributed by atoms with Gasteiger partial charge in [-0.2, -0.15) is 18.3 Å². The van der Waals surface area contributed by atoms with Crippen molar-refractivity contribution in [2.75, 3.05) is 19.8 Å². The lowest BCUT2D eigenvalue weighted by molar-refractivity contribution is -0.138. The molecule has 1 atom stereocenters. The number of rotatable bonds is 3. The summed E-state index contributed by atoms with van der Waals surface area (Å²) in [5, 5.41) is 13.7. The van der Waals surface area contributed by atoms with Crippen molar-refractivity contribution in [2.45, 2.75) is 49.9 Å². The molecule has 1 N–H and O–H groups in total. The molecule has 156 valence electrons. The van der Waals surface area contributed by atoms with E-state index >= 15 is 0 Å². The van der Waals surface area contributed by atoms with E-state index in [1.807, 2.05) is 0 Å². The third kappa shape index (κ3) is 2.88. The van der Waals surface area contributed by atoms with Crippen molar-refractivity contribution in [1.82, 2.24) is 9.78 Å². The Morgan fingerprint density at radius 3 is 2.72 bits per heavy atom. The SMILES string of the molecule is O=C(O)c1oc2c(c1C(F)(F)F)-c1nn(CC3COCCO3)cc1C1(CCC1)C2. The minimum Gasteiger partial charge on any atom is -0.475 e. The van der Waals surface area contributed by atoms with E-state index in [0.717, 1.165) is 24.8 Å². The molecule has 1 saturated carbocycles. The summed E-state index contributed by atoms with van der Waals surface area (Å²) in [7, 11) is 0. The van der Waals surface area contributed by atoms with Gasteiger partial charge in [0.2, 0.25) is 5.76 Å². The Morgan fingerprint density at radius 1 is 1.34 bits per heavy atom. The van der Waals surface area contributed by atoms with Crippen LogP contribution >= 0.6 is 0 Å². The van der Waals surface area contributed by atoms with Crippen molar-refractivity contribution in [3.05, 3.63) is 28.8 Å². The predicted octanol–water partition coefficient (Wildman–Crippen LogP) is 3.25. The molecule has 7 nitrogen and oxygen atoms in total. The van der Waals surface area contributed by atoms with Crippen LogP contribution in [0.15, 0.2) is 10.6 Å². The lowest BCUT2D eigenvalue weighted by Crippen LogP contribution is -2.38. The van der Waals surface area contributed by atoms with Gasteiger partial charge in [0, 0.05) is 23.6 Å². The van der Waals surface area contributed by atoms with Crippen LogP contribution in [0.5, 0.6) is 0 Å². The Bertz CT molecular complexity index is 967. The second-order valence-electron chi connectivity index (χ2n) is 7.90. The Morgan fingerprint density at radius 2 is 2.14 bits per heavy atom. The minimum absolute atomic E-state index is 0.0597. The number of alkyl halides is 3. The molecule has 2 aromatic heterocycles. The molecule has 1 unspecified atom stereocenters. The van der Waals surface area contributed by atoms with Crippen molar-refractivity contribution in [3.8, 4) is 11.3 Å². The van der Waals surface area contributed by atoms with Crippen LogP contribution in [0, 0.1) is 0 Å². The van der Waals surface area contributed by atoms with E-state index in [4.69, 9.17) is 13.9 Å². The first-order valence-electron chi connectivity index (χ1n) is 9.52. The number of nitrogens with zero attached hydrogens (tertiary/aromatic N) is 2. The van der Waals surface area contributed by atoms with E-state index < -0.39 is 23.5 Å². The van der Waals surface area contributed by atoms with Crippen LogP contribution in [0.1, 0.15) is 46.7 Å². The van der Waals surface area contributed by atoms with E-state index in [-0.39, 0.29) is 35.0 Å². The number of furan rings is 1. The smallest absolute Gasteiger partial charge is 0.421 e. The molecule has 1 saturated heterocycles. The van der Waals surface area contributed by atoms with Crippen molar-refractivity contribution in [2.24, 2.45) is 0 Å². The molecular formula is C19H19F3N2O5. The van der Waals surface area contributed by atoms with Crippen LogP contribution in [-0.4, -0.2) is 46.8 Å². The molecule has 29 heavy (non-hydrogen) atoms. The topological polar surface area (TPSA) is 86.7 Å². The number of aromatic nitrogens is 2. The molecule has 0 amide bonds. The number of hydrogen-bond acceptors (Lipinski definition) is 5. The van der Waals surface area contributed by atoms with Gasteiger partial charge >= 0.3 is 12.1 Å². The van der Waals surface area contributed by atoms with Crippen LogP contribution in [-0.2, 0) is 34.0 Å². The second-order valence-corrected chi connectivity index (χ2v) is 7.90. The van der Waals surface area contributed by atoms with E-state index in [2.05, 4.69) is 5.10 Å². The molecule has 2 aromatic rings. The summed E-state index contributed by atoms with van der Waals surface area (Å²) in [4.78, 5) is 11.5. The average molecular weight is 412 g/mol. The molecule has 0 radical (unpaired) electrons. The average Bonchev–Trinajstić information content (AvgIpc) is 3.21. The Hall–Kier alpha value is -2.33. The lowest BCUT2D eigenvalue weighted by atomic mass is 9.59. The zero-order valence-electron chi connectivity index (χ0n) is 15.4. The van der Waals surface area contributed by atoms with Gasteiger partial charge in [-0.1, -0.05) is 6.42 Å². The Labute approximate surface area is 163 Å².